The molecule has 1 unspecified atom stereocenters. The molecule has 0 spiro atoms. The van der Waals surface area contributed by atoms with E-state index in [0.29, 0.717) is 19.6 Å². The number of carboxylic acid groups (broad SMARTS) is 1. The number of nitrogens with zero attached hydrogens (tertiary/aromatic N) is 5. The van der Waals surface area contributed by atoms with Crippen molar-refractivity contribution in [2.45, 2.75) is 112 Å². The number of aromatic nitrogens is 3. The summed E-state index contributed by atoms with van der Waals surface area (Å²) in [6, 6.07) is 15.1. The van der Waals surface area contributed by atoms with Crippen LogP contribution in [-0.4, -0.2) is 123 Å². The SMILES string of the molecule is CCCCCNc1nc(N)nc2ccn(Cc3ccc(CN4CCN(C(=O)OCc5ccc(CC(=O)[C@H](C)NC(=O)[C@@H](CC(=O)CCOCCNC(=O)CC(C)C(=O)O)C(C)C)cc5)CC4)cc3C)c12. The molecule has 2 aromatic heterocycles. The second kappa shape index (κ2) is 27.1. The number of unbranched alkanes of at least 4 members (excludes halogenated alkanes) is 2. The molecule has 380 valence electrons. The number of benzene rings is 2. The number of aliphatic carboxylic acids is 1. The summed E-state index contributed by atoms with van der Waals surface area (Å²) < 4.78 is 13.3. The van der Waals surface area contributed by atoms with Gasteiger partial charge in [-0.1, -0.05) is 83.0 Å². The number of nitrogens with two attached hydrogens (primary N) is 1. The van der Waals surface area contributed by atoms with Crippen LogP contribution in [0.3, 0.4) is 0 Å². The Balaban J connectivity index is 0.986. The van der Waals surface area contributed by atoms with Crippen LogP contribution in [0, 0.1) is 24.7 Å². The van der Waals surface area contributed by atoms with E-state index in [0.717, 1.165) is 73.4 Å². The quantitative estimate of drug-likeness (QED) is 0.0416. The van der Waals surface area contributed by atoms with Gasteiger partial charge >= 0.3 is 12.1 Å². The minimum Gasteiger partial charge on any atom is -0.481 e. The third kappa shape index (κ3) is 16.9. The fourth-order valence-corrected chi connectivity index (χ4v) is 8.24. The molecular formula is C52H73N9O9. The first-order valence-electron chi connectivity index (χ1n) is 24.6. The third-order valence-corrected chi connectivity index (χ3v) is 12.7. The number of aryl methyl sites for hydroxylation is 1. The van der Waals surface area contributed by atoms with Gasteiger partial charge in [0.15, 0.2) is 11.6 Å². The van der Waals surface area contributed by atoms with E-state index in [9.17, 15) is 28.8 Å². The Hall–Kier alpha value is -6.40. The molecule has 4 aromatic rings. The summed E-state index contributed by atoms with van der Waals surface area (Å²) in [5.41, 5.74) is 12.9. The summed E-state index contributed by atoms with van der Waals surface area (Å²) in [4.78, 5) is 87.9. The van der Waals surface area contributed by atoms with Gasteiger partial charge in [0.2, 0.25) is 17.8 Å². The van der Waals surface area contributed by atoms with E-state index < -0.39 is 29.8 Å². The maximum absolute atomic E-state index is 13.2. The second-order valence-corrected chi connectivity index (χ2v) is 18.8. The first-order valence-corrected chi connectivity index (χ1v) is 24.6. The molecule has 70 heavy (non-hydrogen) atoms. The van der Waals surface area contributed by atoms with Crippen LogP contribution in [0.25, 0.3) is 11.0 Å². The van der Waals surface area contributed by atoms with Crippen LogP contribution in [-0.2, 0) is 59.6 Å². The number of nitrogen functional groups attached to an aromatic ring is 1. The van der Waals surface area contributed by atoms with Gasteiger partial charge in [-0.15, -0.1) is 0 Å². The maximum atomic E-state index is 13.2. The summed E-state index contributed by atoms with van der Waals surface area (Å²) in [7, 11) is 0. The Morgan fingerprint density at radius 2 is 1.56 bits per heavy atom. The first-order chi connectivity index (χ1) is 33.5. The van der Waals surface area contributed by atoms with Crippen molar-refractivity contribution >= 4 is 58.2 Å². The summed E-state index contributed by atoms with van der Waals surface area (Å²) in [6.07, 6.45) is 5.06. The van der Waals surface area contributed by atoms with Gasteiger partial charge in [-0.05, 0) is 60.1 Å². The Morgan fingerprint density at radius 1 is 0.843 bits per heavy atom. The molecule has 0 radical (unpaired) electrons. The van der Waals surface area contributed by atoms with Gasteiger partial charge in [0.25, 0.3) is 0 Å². The van der Waals surface area contributed by atoms with Crippen molar-refractivity contribution in [2.24, 2.45) is 17.8 Å². The molecule has 3 atom stereocenters. The van der Waals surface area contributed by atoms with Crippen molar-refractivity contribution < 1.29 is 43.3 Å². The minimum absolute atomic E-state index is 0.00307. The normalized spacial score (nSPS) is 14.2. The number of hydrogen-bond acceptors (Lipinski definition) is 13. The van der Waals surface area contributed by atoms with E-state index in [4.69, 9.17) is 20.3 Å². The molecule has 2 aromatic carbocycles. The Bertz CT molecular complexity index is 2400. The highest BCUT2D eigenvalue weighted by atomic mass is 16.6. The molecule has 0 bridgehead atoms. The Labute approximate surface area is 411 Å². The monoisotopic (exact) mass is 968 g/mol. The number of rotatable bonds is 28. The molecule has 1 saturated heterocycles. The number of Topliss-reactive ketones (excluding diaryl/α,β-unsaturated/α-hetero) is 2. The van der Waals surface area contributed by atoms with E-state index in [1.165, 1.54) is 23.6 Å². The number of amides is 3. The largest absolute Gasteiger partial charge is 0.481 e. The number of carboxylic acids is 1. The predicted molar refractivity (Wildman–Crippen MR) is 268 cm³/mol. The van der Waals surface area contributed by atoms with Gasteiger partial charge in [0.05, 0.1) is 30.7 Å². The predicted octanol–water partition coefficient (Wildman–Crippen LogP) is 5.91. The van der Waals surface area contributed by atoms with Gasteiger partial charge in [-0.2, -0.15) is 4.98 Å². The molecular weight excluding hydrogens is 895 g/mol. The average Bonchev–Trinajstić information content (AvgIpc) is 3.73. The minimum atomic E-state index is -1.05. The lowest BCUT2D eigenvalue weighted by molar-refractivity contribution is -0.143. The lowest BCUT2D eigenvalue weighted by atomic mass is 9.88. The van der Waals surface area contributed by atoms with Crippen molar-refractivity contribution in [2.75, 3.05) is 63.5 Å². The zero-order chi connectivity index (χ0) is 50.7. The summed E-state index contributed by atoms with van der Waals surface area (Å²) in [5, 5.41) is 17.8. The zero-order valence-corrected chi connectivity index (χ0v) is 41.8. The van der Waals surface area contributed by atoms with E-state index in [2.05, 4.69) is 67.4 Å². The summed E-state index contributed by atoms with van der Waals surface area (Å²) >= 11 is 0. The van der Waals surface area contributed by atoms with Gasteiger partial charge in [-0.25, -0.2) is 9.78 Å². The van der Waals surface area contributed by atoms with Crippen LogP contribution < -0.4 is 21.7 Å². The highest BCUT2D eigenvalue weighted by molar-refractivity contribution is 5.92. The number of nitrogens with one attached hydrogen (secondary N) is 3. The molecule has 18 heteroatoms. The Kier molecular flexibility index (Phi) is 21.1. The van der Waals surface area contributed by atoms with E-state index >= 15 is 0 Å². The molecule has 0 saturated carbocycles. The lowest BCUT2D eigenvalue weighted by Crippen LogP contribution is -2.48. The Morgan fingerprint density at radius 3 is 2.24 bits per heavy atom. The number of ether oxygens (including phenoxy) is 2. The fraction of sp³-hybridized carbons (Fsp3) is 0.538. The fourth-order valence-electron chi connectivity index (χ4n) is 8.24. The summed E-state index contributed by atoms with van der Waals surface area (Å²) in [5.74, 6) is -2.71. The van der Waals surface area contributed by atoms with Crippen molar-refractivity contribution in [3.05, 3.63) is 82.5 Å². The van der Waals surface area contributed by atoms with Crippen molar-refractivity contribution in [3.63, 3.8) is 0 Å². The highest BCUT2D eigenvalue weighted by Gasteiger charge is 2.28. The first kappa shape index (κ1) is 54.5. The number of ketones is 2. The van der Waals surface area contributed by atoms with Gasteiger partial charge < -0.3 is 45.7 Å². The topological polar surface area (TPSA) is 240 Å². The van der Waals surface area contributed by atoms with Crippen molar-refractivity contribution in [1.82, 2.24) is 35.0 Å². The van der Waals surface area contributed by atoms with Crippen LogP contribution in [0.5, 0.6) is 0 Å². The molecule has 18 nitrogen and oxygen atoms in total. The lowest BCUT2D eigenvalue weighted by Gasteiger charge is -2.34. The van der Waals surface area contributed by atoms with Crippen LogP contribution in [0.2, 0.25) is 0 Å². The molecule has 5 rings (SSSR count). The zero-order valence-electron chi connectivity index (χ0n) is 41.8. The molecule has 6 N–H and O–H groups in total. The number of hydrogen-bond donors (Lipinski definition) is 5. The molecule has 1 aliphatic rings. The molecule has 3 heterocycles. The summed E-state index contributed by atoms with van der Waals surface area (Å²) in [6.45, 7) is 16.5. The average molecular weight is 968 g/mol. The van der Waals surface area contributed by atoms with E-state index in [1.807, 2.05) is 50.4 Å². The molecule has 1 fully saturated rings. The second-order valence-electron chi connectivity index (χ2n) is 18.8. The van der Waals surface area contributed by atoms with Crippen LogP contribution in [0.4, 0.5) is 16.6 Å². The number of piperazine rings is 1. The smallest absolute Gasteiger partial charge is 0.410 e. The van der Waals surface area contributed by atoms with Crippen LogP contribution in [0.15, 0.2) is 54.7 Å². The number of fused-ring (bicyclic) bond motifs is 1. The van der Waals surface area contributed by atoms with Gasteiger partial charge in [-0.3, -0.25) is 28.9 Å². The number of anilines is 2. The maximum Gasteiger partial charge on any atom is 0.410 e. The molecule has 1 aliphatic heterocycles. The van der Waals surface area contributed by atoms with Crippen LogP contribution >= 0.6 is 0 Å². The van der Waals surface area contributed by atoms with E-state index in [-0.39, 0.29) is 87.5 Å². The number of carbonyl (C=O) groups is 6. The number of carbonyl (C=O) groups excluding carboxylic acids is 5. The van der Waals surface area contributed by atoms with Gasteiger partial charge in [0.1, 0.15) is 17.9 Å². The standard InChI is InChI=1S/C52H73N9O9/c1-7-8-9-18-55-48-47-44(57-51(53)58-48)16-20-61(47)32-41-15-14-40(27-35(41)4)31-59-21-23-60(24-22-59)52(68)70-33-39-12-10-38(11-13-39)29-45(63)37(6)56-49(65)43(34(2)3)30-42(62)17-25-69-26-19-54-46(64)28-36(5)50(66)67/h10-16,20,27,34,36-37,43H,7-9,17-19,21-26,28-33H2,1-6H3,(H,54,64)(H,56,65)(H,66,67)(H3,53,55,57,58)/t36?,37-,43-/m0/s1. The van der Waals surface area contributed by atoms with Crippen LogP contribution in [0.1, 0.15) is 101 Å². The molecule has 3 amide bonds. The van der Waals surface area contributed by atoms with Crippen molar-refractivity contribution in [3.8, 4) is 0 Å². The molecule has 0 aliphatic carbocycles. The van der Waals surface area contributed by atoms with Gasteiger partial charge in [0, 0.05) is 90.2 Å². The highest BCUT2D eigenvalue weighted by Crippen LogP contribution is 2.25. The third-order valence-electron chi connectivity index (χ3n) is 12.7. The van der Waals surface area contributed by atoms with Crippen molar-refractivity contribution in [1.29, 1.82) is 0 Å². The van der Waals surface area contributed by atoms with E-state index in [1.54, 1.807) is 11.8 Å².